The summed E-state index contributed by atoms with van der Waals surface area (Å²) < 4.78 is 5.77. The van der Waals surface area contributed by atoms with Crippen LogP contribution in [0.5, 0.6) is 5.75 Å². The van der Waals surface area contributed by atoms with Crippen molar-refractivity contribution in [1.29, 1.82) is 0 Å². The van der Waals surface area contributed by atoms with Gasteiger partial charge in [-0.1, -0.05) is 22.9 Å². The number of aromatic nitrogens is 1. The minimum Gasteiger partial charge on any atom is -0.426 e. The summed E-state index contributed by atoms with van der Waals surface area (Å²) in [5, 5.41) is 3.40. The zero-order valence-corrected chi connectivity index (χ0v) is 13.3. The van der Waals surface area contributed by atoms with Gasteiger partial charge in [0.15, 0.2) is 5.13 Å². The molecule has 0 aliphatic carbocycles. The number of carbonyl (C=O) groups is 2. The first-order valence-corrected chi connectivity index (χ1v) is 7.35. The van der Waals surface area contributed by atoms with Crippen LogP contribution in [0.3, 0.4) is 0 Å². The zero-order valence-electron chi connectivity index (χ0n) is 10.1. The minimum atomic E-state index is -0.515. The predicted octanol–water partition coefficient (Wildman–Crippen LogP) is 3.74. The van der Waals surface area contributed by atoms with Crippen molar-refractivity contribution in [3.63, 3.8) is 0 Å². The molecule has 0 saturated carbocycles. The van der Waals surface area contributed by atoms with Crippen LogP contribution in [0.1, 0.15) is 17.3 Å². The lowest BCUT2D eigenvalue weighted by molar-refractivity contribution is -0.131. The maximum atomic E-state index is 12.2. The molecule has 0 unspecified atom stereocenters. The van der Waals surface area contributed by atoms with Gasteiger partial charge in [0, 0.05) is 11.9 Å². The molecule has 0 atom stereocenters. The molecule has 2 aromatic rings. The number of nitrogens with one attached hydrogen (secondary N) is 1. The highest BCUT2D eigenvalue weighted by Gasteiger charge is 2.16. The quantitative estimate of drug-likeness (QED) is 0.655. The van der Waals surface area contributed by atoms with Gasteiger partial charge >= 0.3 is 5.97 Å². The number of carbonyl (C=O) groups excluding carboxylic acids is 2. The molecule has 2 rings (SSSR count). The molecule has 0 saturated heterocycles. The Bertz CT molecular complexity index is 674. The van der Waals surface area contributed by atoms with Crippen LogP contribution in [0.25, 0.3) is 0 Å². The SMILES string of the molecule is CC(=O)Oc1ccc(Cl)cc1C(=O)Nc1ncc(Br)s1. The summed E-state index contributed by atoms with van der Waals surface area (Å²) in [5.41, 5.74) is 0.166. The fourth-order valence-corrected chi connectivity index (χ4v) is 2.67. The lowest BCUT2D eigenvalue weighted by Gasteiger charge is -2.08. The van der Waals surface area contributed by atoms with Crippen LogP contribution in [0.4, 0.5) is 5.13 Å². The fraction of sp³-hybridized carbons (Fsp3) is 0.0833. The molecule has 0 radical (unpaired) electrons. The smallest absolute Gasteiger partial charge is 0.308 e. The van der Waals surface area contributed by atoms with Gasteiger partial charge in [-0.25, -0.2) is 4.98 Å². The largest absolute Gasteiger partial charge is 0.426 e. The number of hydrogen-bond donors (Lipinski definition) is 1. The highest BCUT2D eigenvalue weighted by molar-refractivity contribution is 9.11. The molecular formula is C12H8BrClN2O3S. The third kappa shape index (κ3) is 3.78. The first kappa shape index (κ1) is 15.0. The average molecular weight is 376 g/mol. The van der Waals surface area contributed by atoms with Gasteiger partial charge in [0.2, 0.25) is 0 Å². The van der Waals surface area contributed by atoms with Crippen molar-refractivity contribution in [2.75, 3.05) is 5.32 Å². The molecule has 0 aliphatic heterocycles. The van der Waals surface area contributed by atoms with Gasteiger partial charge in [-0.05, 0) is 34.1 Å². The van der Waals surface area contributed by atoms with Crippen LogP contribution in [0.2, 0.25) is 5.02 Å². The second-order valence-electron chi connectivity index (χ2n) is 3.66. The van der Waals surface area contributed by atoms with Crippen molar-refractivity contribution in [3.8, 4) is 5.75 Å². The van der Waals surface area contributed by atoms with Crippen LogP contribution in [-0.2, 0) is 4.79 Å². The second kappa shape index (κ2) is 6.34. The van der Waals surface area contributed by atoms with Gasteiger partial charge in [-0.2, -0.15) is 0 Å². The number of amides is 1. The molecule has 0 bridgehead atoms. The lowest BCUT2D eigenvalue weighted by Crippen LogP contribution is -2.14. The normalized spacial score (nSPS) is 10.2. The van der Waals surface area contributed by atoms with E-state index in [1.165, 1.54) is 36.5 Å². The summed E-state index contributed by atoms with van der Waals surface area (Å²) in [6.45, 7) is 1.26. The molecule has 1 aromatic carbocycles. The number of ether oxygens (including phenoxy) is 1. The van der Waals surface area contributed by atoms with Gasteiger partial charge in [-0.3, -0.25) is 14.9 Å². The van der Waals surface area contributed by atoms with Crippen molar-refractivity contribution in [3.05, 3.63) is 38.8 Å². The number of esters is 1. The maximum Gasteiger partial charge on any atom is 0.308 e. The van der Waals surface area contributed by atoms with Crippen molar-refractivity contribution < 1.29 is 14.3 Å². The topological polar surface area (TPSA) is 68.3 Å². The maximum absolute atomic E-state index is 12.2. The third-order valence-electron chi connectivity index (χ3n) is 2.14. The van der Waals surface area contributed by atoms with E-state index in [1.807, 2.05) is 0 Å². The molecule has 1 heterocycles. The van der Waals surface area contributed by atoms with E-state index in [2.05, 4.69) is 26.2 Å². The van der Waals surface area contributed by atoms with Gasteiger partial charge < -0.3 is 4.74 Å². The molecule has 0 fully saturated rings. The second-order valence-corrected chi connectivity index (χ2v) is 6.50. The van der Waals surface area contributed by atoms with E-state index in [1.54, 1.807) is 6.20 Å². The molecule has 1 amide bonds. The number of anilines is 1. The van der Waals surface area contributed by atoms with E-state index in [0.29, 0.717) is 10.2 Å². The number of rotatable bonds is 3. The number of halogens is 2. The Morgan fingerprint density at radius 1 is 1.45 bits per heavy atom. The van der Waals surface area contributed by atoms with E-state index >= 15 is 0 Å². The van der Waals surface area contributed by atoms with Gasteiger partial charge in [0.25, 0.3) is 5.91 Å². The summed E-state index contributed by atoms with van der Waals surface area (Å²) in [6, 6.07) is 4.44. The summed E-state index contributed by atoms with van der Waals surface area (Å²) >= 11 is 10.4. The molecule has 104 valence electrons. The van der Waals surface area contributed by atoms with E-state index in [4.69, 9.17) is 16.3 Å². The molecule has 1 aromatic heterocycles. The standard InChI is InChI=1S/C12H8BrClN2O3S/c1-6(17)19-9-3-2-7(14)4-8(9)11(18)16-12-15-5-10(13)20-12/h2-5H,1H3,(H,15,16,18). The van der Waals surface area contributed by atoms with E-state index in [9.17, 15) is 9.59 Å². The molecule has 1 N–H and O–H groups in total. The number of benzene rings is 1. The van der Waals surface area contributed by atoms with Gasteiger partial charge in [0.05, 0.1) is 15.5 Å². The van der Waals surface area contributed by atoms with Crippen LogP contribution < -0.4 is 10.1 Å². The van der Waals surface area contributed by atoms with Crippen molar-refractivity contribution >= 4 is 55.9 Å². The Morgan fingerprint density at radius 3 is 2.80 bits per heavy atom. The summed E-state index contributed by atoms with van der Waals surface area (Å²) in [7, 11) is 0. The van der Waals surface area contributed by atoms with E-state index in [0.717, 1.165) is 3.79 Å². The van der Waals surface area contributed by atoms with Gasteiger partial charge in [-0.15, -0.1) is 0 Å². The summed E-state index contributed by atoms with van der Waals surface area (Å²) in [5.74, 6) is -0.820. The van der Waals surface area contributed by atoms with Gasteiger partial charge in [0.1, 0.15) is 5.75 Å². The Balaban J connectivity index is 2.27. The van der Waals surface area contributed by atoms with Crippen LogP contribution in [-0.4, -0.2) is 16.9 Å². The molecule has 0 spiro atoms. The number of nitrogens with zero attached hydrogens (tertiary/aromatic N) is 1. The lowest BCUT2D eigenvalue weighted by atomic mass is 10.2. The monoisotopic (exact) mass is 374 g/mol. The Labute approximate surface area is 132 Å². The van der Waals surface area contributed by atoms with E-state index < -0.39 is 11.9 Å². The number of hydrogen-bond acceptors (Lipinski definition) is 5. The van der Waals surface area contributed by atoms with Crippen LogP contribution >= 0.6 is 38.9 Å². The predicted molar refractivity (Wildman–Crippen MR) is 80.5 cm³/mol. The van der Waals surface area contributed by atoms with Crippen LogP contribution in [0, 0.1) is 0 Å². The van der Waals surface area contributed by atoms with Crippen LogP contribution in [0.15, 0.2) is 28.2 Å². The fourth-order valence-electron chi connectivity index (χ4n) is 1.40. The van der Waals surface area contributed by atoms with Crippen molar-refractivity contribution in [2.45, 2.75) is 6.92 Å². The summed E-state index contributed by atoms with van der Waals surface area (Å²) in [6.07, 6.45) is 1.57. The zero-order chi connectivity index (χ0) is 14.7. The molecular weight excluding hydrogens is 368 g/mol. The molecule has 0 aliphatic rings. The summed E-state index contributed by atoms with van der Waals surface area (Å²) in [4.78, 5) is 27.2. The first-order valence-electron chi connectivity index (χ1n) is 5.36. The van der Waals surface area contributed by atoms with E-state index in [-0.39, 0.29) is 11.3 Å². The number of thiazole rings is 1. The highest BCUT2D eigenvalue weighted by atomic mass is 79.9. The average Bonchev–Trinajstić information content (AvgIpc) is 2.76. The Hall–Kier alpha value is -1.44. The molecule has 20 heavy (non-hydrogen) atoms. The molecule has 5 nitrogen and oxygen atoms in total. The molecule has 8 heteroatoms. The third-order valence-corrected chi connectivity index (χ3v) is 3.76. The van der Waals surface area contributed by atoms with Crippen molar-refractivity contribution in [1.82, 2.24) is 4.98 Å². The highest BCUT2D eigenvalue weighted by Crippen LogP contribution is 2.27. The minimum absolute atomic E-state index is 0.148. The van der Waals surface area contributed by atoms with Crippen molar-refractivity contribution in [2.24, 2.45) is 0 Å². The Morgan fingerprint density at radius 2 is 2.20 bits per heavy atom. The Kier molecular flexibility index (Phi) is 4.74. The first-order chi connectivity index (χ1) is 9.45.